The summed E-state index contributed by atoms with van der Waals surface area (Å²) in [6.45, 7) is 3.61. The van der Waals surface area contributed by atoms with Gasteiger partial charge in [0.1, 0.15) is 11.4 Å². The molecule has 0 spiro atoms. The minimum atomic E-state index is -0.287. The lowest BCUT2D eigenvalue weighted by atomic mass is 9.69. The van der Waals surface area contributed by atoms with Crippen LogP contribution in [-0.2, 0) is 15.1 Å². The molecule has 0 amide bonds. The molecule has 2 atom stereocenters. The lowest BCUT2D eigenvalue weighted by Gasteiger charge is -2.39. The Balaban J connectivity index is 2.08. The number of ketones is 1. The molecule has 1 aliphatic heterocycles. The highest BCUT2D eigenvalue weighted by atomic mass is 16.5. The van der Waals surface area contributed by atoms with Gasteiger partial charge < -0.3 is 4.74 Å². The zero-order valence-corrected chi connectivity index (χ0v) is 11.6. The van der Waals surface area contributed by atoms with Gasteiger partial charge in [0.05, 0.1) is 0 Å². The second-order valence-corrected chi connectivity index (χ2v) is 5.68. The Labute approximate surface area is 114 Å². The summed E-state index contributed by atoms with van der Waals surface area (Å²) in [6.07, 6.45) is 4.42. The van der Waals surface area contributed by atoms with Crippen molar-refractivity contribution in [2.45, 2.75) is 45.1 Å². The summed E-state index contributed by atoms with van der Waals surface area (Å²) in [4.78, 5) is 11.9. The first-order valence-electron chi connectivity index (χ1n) is 7.11. The van der Waals surface area contributed by atoms with Gasteiger partial charge in [-0.25, -0.2) is 0 Å². The third kappa shape index (κ3) is 1.81. The zero-order chi connectivity index (χ0) is 13.5. The number of allylic oxidation sites excluding steroid dienone is 1. The fourth-order valence-electron chi connectivity index (χ4n) is 3.83. The maximum atomic E-state index is 11.9. The Morgan fingerprint density at radius 2 is 2.00 bits per heavy atom. The predicted molar refractivity (Wildman–Crippen MR) is 74.5 cm³/mol. The molecule has 1 heterocycles. The molecule has 2 heteroatoms. The van der Waals surface area contributed by atoms with Crippen LogP contribution in [0.25, 0.3) is 0 Å². The minimum Gasteiger partial charge on any atom is -0.486 e. The molecule has 1 aliphatic carbocycles. The van der Waals surface area contributed by atoms with E-state index in [9.17, 15) is 4.79 Å². The predicted octanol–water partition coefficient (Wildman–Crippen LogP) is 3.97. The van der Waals surface area contributed by atoms with E-state index < -0.39 is 0 Å². The van der Waals surface area contributed by atoms with E-state index >= 15 is 0 Å². The molecule has 1 saturated carbocycles. The quantitative estimate of drug-likeness (QED) is 0.800. The van der Waals surface area contributed by atoms with Gasteiger partial charge in [-0.3, -0.25) is 4.79 Å². The van der Waals surface area contributed by atoms with Crippen molar-refractivity contribution in [2.75, 3.05) is 0 Å². The summed E-state index contributed by atoms with van der Waals surface area (Å²) in [5.41, 5.74) is 1.85. The van der Waals surface area contributed by atoms with Crippen molar-refractivity contribution < 1.29 is 9.53 Å². The Morgan fingerprint density at radius 1 is 1.26 bits per heavy atom. The van der Waals surface area contributed by atoms with E-state index in [0.717, 1.165) is 24.2 Å². The van der Waals surface area contributed by atoms with Crippen LogP contribution in [0.3, 0.4) is 0 Å². The Bertz CT molecular complexity index is 529. The monoisotopic (exact) mass is 256 g/mol. The molecule has 0 N–H and O–H groups in total. The lowest BCUT2D eigenvalue weighted by molar-refractivity contribution is -0.114. The molecule has 2 nitrogen and oxygen atoms in total. The number of fused-ring (bicyclic) bond motifs is 1. The van der Waals surface area contributed by atoms with Gasteiger partial charge in [-0.1, -0.05) is 36.8 Å². The molecule has 19 heavy (non-hydrogen) atoms. The fourth-order valence-corrected chi connectivity index (χ4v) is 3.83. The van der Waals surface area contributed by atoms with E-state index in [1.54, 1.807) is 6.92 Å². The van der Waals surface area contributed by atoms with Crippen LogP contribution in [0.15, 0.2) is 41.7 Å². The van der Waals surface area contributed by atoms with Crippen LogP contribution >= 0.6 is 0 Å². The van der Waals surface area contributed by atoms with E-state index in [1.165, 1.54) is 18.4 Å². The summed E-state index contributed by atoms with van der Waals surface area (Å²) in [5.74, 6) is 1.24. The number of Topliss-reactive ketones (excluding diaryl/α,β-unsaturated/α-hetero) is 1. The van der Waals surface area contributed by atoms with E-state index in [1.807, 2.05) is 13.0 Å². The highest BCUT2D eigenvalue weighted by molar-refractivity contribution is 5.95. The smallest absolute Gasteiger partial charge is 0.159 e. The molecule has 100 valence electrons. The molecule has 0 aromatic heterocycles. The van der Waals surface area contributed by atoms with Crippen molar-refractivity contribution in [2.24, 2.45) is 5.92 Å². The standard InChI is InChI=1S/C17H20O2/c1-12(18)16-13(2)19-17(11-7-6-10-15(16)17)14-8-4-3-5-9-14/h3-5,8-9,15H,6-7,10-11H2,1-2H3/t15-,17+/m1/s1. The van der Waals surface area contributed by atoms with Crippen molar-refractivity contribution in [3.63, 3.8) is 0 Å². The van der Waals surface area contributed by atoms with Crippen molar-refractivity contribution in [3.05, 3.63) is 47.2 Å². The Morgan fingerprint density at radius 3 is 2.68 bits per heavy atom. The number of ether oxygens (including phenoxy) is 1. The molecular formula is C17H20O2. The molecule has 0 bridgehead atoms. The number of hydrogen-bond donors (Lipinski definition) is 0. The largest absolute Gasteiger partial charge is 0.486 e. The van der Waals surface area contributed by atoms with Crippen LogP contribution in [-0.4, -0.2) is 5.78 Å². The molecule has 1 fully saturated rings. The summed E-state index contributed by atoms with van der Waals surface area (Å²) >= 11 is 0. The van der Waals surface area contributed by atoms with E-state index in [4.69, 9.17) is 4.74 Å². The molecular weight excluding hydrogens is 236 g/mol. The SMILES string of the molecule is CC(=O)C1=C(C)O[C@]2(c3ccccc3)CCCC[C@H]12. The average molecular weight is 256 g/mol. The van der Waals surface area contributed by atoms with Crippen LogP contribution in [0, 0.1) is 5.92 Å². The summed E-state index contributed by atoms with van der Waals surface area (Å²) < 4.78 is 6.27. The van der Waals surface area contributed by atoms with Crippen LogP contribution in [0.5, 0.6) is 0 Å². The maximum absolute atomic E-state index is 11.9. The number of rotatable bonds is 2. The van der Waals surface area contributed by atoms with Crippen LogP contribution in [0.2, 0.25) is 0 Å². The topological polar surface area (TPSA) is 26.3 Å². The number of hydrogen-bond acceptors (Lipinski definition) is 2. The first kappa shape index (κ1) is 12.5. The second-order valence-electron chi connectivity index (χ2n) is 5.68. The molecule has 0 saturated heterocycles. The van der Waals surface area contributed by atoms with Crippen molar-refractivity contribution in [3.8, 4) is 0 Å². The van der Waals surface area contributed by atoms with Gasteiger partial charge in [0.25, 0.3) is 0 Å². The van der Waals surface area contributed by atoms with E-state index in [0.29, 0.717) is 0 Å². The average Bonchev–Trinajstić information content (AvgIpc) is 2.73. The third-order valence-corrected chi connectivity index (χ3v) is 4.56. The van der Waals surface area contributed by atoms with Gasteiger partial charge in [0.2, 0.25) is 0 Å². The van der Waals surface area contributed by atoms with Gasteiger partial charge in [0, 0.05) is 11.5 Å². The van der Waals surface area contributed by atoms with Crippen molar-refractivity contribution in [1.29, 1.82) is 0 Å². The molecule has 1 aromatic rings. The molecule has 1 aromatic carbocycles. The maximum Gasteiger partial charge on any atom is 0.159 e. The van der Waals surface area contributed by atoms with E-state index in [-0.39, 0.29) is 17.3 Å². The van der Waals surface area contributed by atoms with Crippen molar-refractivity contribution in [1.82, 2.24) is 0 Å². The highest BCUT2D eigenvalue weighted by Crippen LogP contribution is 2.54. The van der Waals surface area contributed by atoms with Gasteiger partial charge in [-0.05, 0) is 38.7 Å². The summed E-state index contributed by atoms with van der Waals surface area (Å²) in [5, 5.41) is 0. The number of carbonyl (C=O) groups excluding carboxylic acids is 1. The zero-order valence-electron chi connectivity index (χ0n) is 11.6. The van der Waals surface area contributed by atoms with Gasteiger partial charge in [0.15, 0.2) is 5.78 Å². The van der Waals surface area contributed by atoms with Gasteiger partial charge in [-0.2, -0.15) is 0 Å². The Hall–Kier alpha value is -1.57. The van der Waals surface area contributed by atoms with Gasteiger partial charge in [-0.15, -0.1) is 0 Å². The van der Waals surface area contributed by atoms with Crippen LogP contribution in [0.4, 0.5) is 0 Å². The van der Waals surface area contributed by atoms with Gasteiger partial charge >= 0.3 is 0 Å². The van der Waals surface area contributed by atoms with E-state index in [2.05, 4.69) is 24.3 Å². The van der Waals surface area contributed by atoms with Crippen LogP contribution < -0.4 is 0 Å². The highest BCUT2D eigenvalue weighted by Gasteiger charge is 2.51. The molecule has 0 unspecified atom stereocenters. The second kappa shape index (κ2) is 4.52. The minimum absolute atomic E-state index is 0.169. The van der Waals surface area contributed by atoms with Crippen LogP contribution in [0.1, 0.15) is 45.1 Å². The first-order valence-corrected chi connectivity index (χ1v) is 7.11. The first-order chi connectivity index (χ1) is 9.15. The molecule has 2 aliphatic rings. The number of carbonyl (C=O) groups is 1. The molecule has 0 radical (unpaired) electrons. The van der Waals surface area contributed by atoms with Crippen molar-refractivity contribution >= 4 is 5.78 Å². The normalized spacial score (nSPS) is 29.9. The summed E-state index contributed by atoms with van der Waals surface area (Å²) in [6, 6.07) is 10.4. The Kier molecular flexibility index (Phi) is 2.96. The fraction of sp³-hybridized carbons (Fsp3) is 0.471. The third-order valence-electron chi connectivity index (χ3n) is 4.56. The summed E-state index contributed by atoms with van der Waals surface area (Å²) in [7, 11) is 0. The number of benzene rings is 1. The lowest BCUT2D eigenvalue weighted by Crippen LogP contribution is -2.37. The molecule has 3 rings (SSSR count).